The van der Waals surface area contributed by atoms with Gasteiger partial charge in [-0.05, 0) is 0 Å². The maximum Gasteiger partial charge on any atom is 0.163 e. The number of hydrogen-bond acceptors (Lipinski definition) is 4. The van der Waals surface area contributed by atoms with E-state index in [1.807, 2.05) is 11.6 Å². The second-order valence-electron chi connectivity index (χ2n) is 2.86. The molecule has 2 aromatic heterocycles. The number of rotatable bonds is 1. The number of fused-ring (bicyclic) bond motifs is 1. The molecule has 0 aliphatic heterocycles. The minimum Gasteiger partial charge on any atom is -0.382 e. The summed E-state index contributed by atoms with van der Waals surface area (Å²) in [6.45, 7) is 0. The quantitative estimate of drug-likeness (QED) is 0.494. The Hall–Kier alpha value is -1.98. The summed E-state index contributed by atoms with van der Waals surface area (Å²) >= 11 is 0. The van der Waals surface area contributed by atoms with Gasteiger partial charge in [-0.1, -0.05) is 0 Å². The fourth-order valence-electron chi connectivity index (χ4n) is 1.24. The maximum absolute atomic E-state index is 5.68. The van der Waals surface area contributed by atoms with Gasteiger partial charge in [-0.2, -0.15) is 0 Å². The lowest BCUT2D eigenvalue weighted by atomic mass is 10.3. The average Bonchev–Trinajstić information content (AvgIpc) is 2.59. The molecule has 72 valence electrons. The molecule has 0 aliphatic rings. The van der Waals surface area contributed by atoms with Crippen LogP contribution in [0.25, 0.3) is 11.2 Å². The first-order valence-corrected chi connectivity index (χ1v) is 4.08. The predicted molar refractivity (Wildman–Crippen MR) is 53.0 cm³/mol. The molecule has 0 fully saturated rings. The van der Waals surface area contributed by atoms with E-state index in [0.29, 0.717) is 17.0 Å². The summed E-state index contributed by atoms with van der Waals surface area (Å²) in [6, 6.07) is 0. The Kier molecular flexibility index (Phi) is 1.88. The smallest absolute Gasteiger partial charge is 0.163 e. The topological polar surface area (TPSA) is 82.0 Å². The molecular formula is C8H10N6. The number of nitrogens with zero attached hydrogens (tertiary/aromatic N) is 5. The first kappa shape index (κ1) is 8.61. The van der Waals surface area contributed by atoms with Gasteiger partial charge in [0, 0.05) is 14.1 Å². The zero-order chi connectivity index (χ0) is 10.1. The Morgan fingerprint density at radius 1 is 1.43 bits per heavy atom. The lowest BCUT2D eigenvalue weighted by Crippen LogP contribution is -2.15. The highest BCUT2D eigenvalue weighted by molar-refractivity contribution is 6.04. The lowest BCUT2D eigenvalue weighted by Gasteiger charge is -1.99. The van der Waals surface area contributed by atoms with Crippen LogP contribution in [0.1, 0.15) is 5.69 Å². The Bertz CT molecular complexity index is 498. The molecule has 0 spiro atoms. The third-order valence-corrected chi connectivity index (χ3v) is 1.98. The molecule has 0 radical (unpaired) electrons. The highest BCUT2D eigenvalue weighted by Gasteiger charge is 2.10. The molecule has 0 amide bonds. The van der Waals surface area contributed by atoms with Crippen LogP contribution in [0.15, 0.2) is 17.6 Å². The molecule has 14 heavy (non-hydrogen) atoms. The molecule has 0 aliphatic carbocycles. The first-order valence-electron chi connectivity index (χ1n) is 4.08. The molecule has 2 heterocycles. The van der Waals surface area contributed by atoms with E-state index in [9.17, 15) is 0 Å². The first-order chi connectivity index (χ1) is 6.74. The lowest BCUT2D eigenvalue weighted by molar-refractivity contribution is 0.927. The van der Waals surface area contributed by atoms with Crippen molar-refractivity contribution in [1.29, 1.82) is 0 Å². The molecular weight excluding hydrogens is 180 g/mol. The van der Waals surface area contributed by atoms with Crippen molar-refractivity contribution in [2.24, 2.45) is 17.8 Å². The average molecular weight is 190 g/mol. The molecule has 2 rings (SSSR count). The molecule has 6 nitrogen and oxygen atoms in total. The van der Waals surface area contributed by atoms with Gasteiger partial charge >= 0.3 is 0 Å². The Labute approximate surface area is 80.5 Å². The van der Waals surface area contributed by atoms with E-state index in [2.05, 4.69) is 19.9 Å². The normalized spacial score (nSPS) is 12.3. The molecule has 0 atom stereocenters. The molecule has 0 saturated carbocycles. The Morgan fingerprint density at radius 2 is 2.21 bits per heavy atom. The van der Waals surface area contributed by atoms with Gasteiger partial charge in [0.25, 0.3) is 0 Å². The van der Waals surface area contributed by atoms with Crippen LogP contribution in [0.3, 0.4) is 0 Å². The highest BCUT2D eigenvalue weighted by atomic mass is 15.1. The van der Waals surface area contributed by atoms with Crippen molar-refractivity contribution in [3.05, 3.63) is 18.3 Å². The standard InChI is InChI=1S/C8H10N6/c1-10-7(9)5-6-8(12-3-11-5)14(2)4-13-6/h3-4H,1-2H3,(H2,9,10). The minimum atomic E-state index is 0.371. The van der Waals surface area contributed by atoms with Crippen molar-refractivity contribution in [2.45, 2.75) is 0 Å². The van der Waals surface area contributed by atoms with Crippen LogP contribution in [0.2, 0.25) is 0 Å². The number of aryl methyl sites for hydroxylation is 1. The second kappa shape index (κ2) is 3.06. The fourth-order valence-corrected chi connectivity index (χ4v) is 1.24. The van der Waals surface area contributed by atoms with Crippen LogP contribution in [-0.4, -0.2) is 32.4 Å². The number of aromatic nitrogens is 4. The van der Waals surface area contributed by atoms with E-state index in [1.165, 1.54) is 6.33 Å². The molecule has 0 saturated heterocycles. The Balaban J connectivity index is 2.78. The van der Waals surface area contributed by atoms with E-state index in [1.54, 1.807) is 13.4 Å². The second-order valence-corrected chi connectivity index (χ2v) is 2.86. The van der Waals surface area contributed by atoms with Crippen LogP contribution >= 0.6 is 0 Å². The van der Waals surface area contributed by atoms with E-state index >= 15 is 0 Å². The van der Waals surface area contributed by atoms with Crippen LogP contribution in [0, 0.1) is 0 Å². The van der Waals surface area contributed by atoms with Crippen molar-refractivity contribution in [3.8, 4) is 0 Å². The molecule has 6 heteroatoms. The van der Waals surface area contributed by atoms with E-state index in [-0.39, 0.29) is 0 Å². The number of hydrogen-bond donors (Lipinski definition) is 1. The summed E-state index contributed by atoms with van der Waals surface area (Å²) in [5, 5.41) is 0. The summed E-state index contributed by atoms with van der Waals surface area (Å²) in [5.41, 5.74) is 7.69. The van der Waals surface area contributed by atoms with Crippen LogP contribution in [0.4, 0.5) is 0 Å². The van der Waals surface area contributed by atoms with E-state index in [4.69, 9.17) is 5.73 Å². The summed E-state index contributed by atoms with van der Waals surface area (Å²) in [7, 11) is 3.48. The fraction of sp³-hybridized carbons (Fsp3) is 0.250. The molecule has 2 aromatic rings. The Morgan fingerprint density at radius 3 is 2.93 bits per heavy atom. The van der Waals surface area contributed by atoms with Crippen LogP contribution in [-0.2, 0) is 7.05 Å². The van der Waals surface area contributed by atoms with Gasteiger partial charge in [-0.15, -0.1) is 0 Å². The zero-order valence-corrected chi connectivity index (χ0v) is 7.97. The number of imidazole rings is 1. The largest absolute Gasteiger partial charge is 0.382 e. The van der Waals surface area contributed by atoms with Crippen molar-refractivity contribution in [1.82, 2.24) is 19.5 Å². The van der Waals surface area contributed by atoms with Gasteiger partial charge in [-0.3, -0.25) is 4.99 Å². The van der Waals surface area contributed by atoms with Gasteiger partial charge in [0.2, 0.25) is 0 Å². The minimum absolute atomic E-state index is 0.371. The van der Waals surface area contributed by atoms with Crippen LogP contribution in [0.5, 0.6) is 0 Å². The number of nitrogens with two attached hydrogens (primary N) is 1. The molecule has 0 unspecified atom stereocenters. The van der Waals surface area contributed by atoms with Crippen molar-refractivity contribution < 1.29 is 0 Å². The van der Waals surface area contributed by atoms with Crippen molar-refractivity contribution in [3.63, 3.8) is 0 Å². The molecule has 0 aromatic carbocycles. The van der Waals surface area contributed by atoms with E-state index in [0.717, 1.165) is 5.65 Å². The number of amidine groups is 1. The summed E-state index contributed by atoms with van der Waals surface area (Å²) in [4.78, 5) is 16.2. The monoisotopic (exact) mass is 190 g/mol. The van der Waals surface area contributed by atoms with E-state index < -0.39 is 0 Å². The van der Waals surface area contributed by atoms with Gasteiger partial charge < -0.3 is 10.3 Å². The highest BCUT2D eigenvalue weighted by Crippen LogP contribution is 2.10. The van der Waals surface area contributed by atoms with Crippen molar-refractivity contribution >= 4 is 17.0 Å². The van der Waals surface area contributed by atoms with Crippen molar-refractivity contribution in [2.75, 3.05) is 7.05 Å². The SMILES string of the molecule is CN=C(N)c1ncnc2c1ncn2C. The van der Waals surface area contributed by atoms with Crippen LogP contribution < -0.4 is 5.73 Å². The third kappa shape index (κ3) is 1.12. The maximum atomic E-state index is 5.68. The van der Waals surface area contributed by atoms with Gasteiger partial charge in [0.05, 0.1) is 6.33 Å². The third-order valence-electron chi connectivity index (χ3n) is 1.98. The zero-order valence-electron chi connectivity index (χ0n) is 7.97. The summed E-state index contributed by atoms with van der Waals surface area (Å²) in [6.07, 6.45) is 3.13. The summed E-state index contributed by atoms with van der Waals surface area (Å²) < 4.78 is 1.81. The van der Waals surface area contributed by atoms with Gasteiger partial charge in [-0.25, -0.2) is 15.0 Å². The summed E-state index contributed by atoms with van der Waals surface area (Å²) in [5.74, 6) is 0.371. The predicted octanol–water partition coefficient (Wildman–Crippen LogP) is -0.302. The van der Waals surface area contributed by atoms with Gasteiger partial charge in [0.1, 0.15) is 23.4 Å². The molecule has 0 bridgehead atoms. The number of aliphatic imine (C=N–C) groups is 1. The van der Waals surface area contributed by atoms with Gasteiger partial charge in [0.15, 0.2) is 5.65 Å². The molecule has 2 N–H and O–H groups in total.